The van der Waals surface area contributed by atoms with Crippen molar-refractivity contribution in [2.24, 2.45) is 0 Å². The fraction of sp³-hybridized carbons (Fsp3) is 0.565. The van der Waals surface area contributed by atoms with Crippen LogP contribution in [0.3, 0.4) is 0 Å². The molecule has 0 heterocycles. The first-order chi connectivity index (χ1) is 28.1. The third kappa shape index (κ3) is 39.4. The van der Waals surface area contributed by atoms with E-state index in [1.807, 2.05) is 48.6 Å². The SMILES string of the molecule is CC/C=C\CC(O)/C=C/C=C/C/C=C\C/C=C\C/C=C\CCC(=O)OC[C@H](COP(=O)(O)OC[C@@H](O)CO)OC(=O)CCCC/C=C\C/C=C\C/C=C\CCCCC. The van der Waals surface area contributed by atoms with Gasteiger partial charge in [0.15, 0.2) is 6.10 Å². The number of aliphatic hydroxyl groups is 3. The molecule has 0 saturated heterocycles. The van der Waals surface area contributed by atoms with Gasteiger partial charge < -0.3 is 29.7 Å². The average Bonchev–Trinajstić information content (AvgIpc) is 3.20. The molecule has 0 aromatic carbocycles. The Morgan fingerprint density at radius 1 is 0.603 bits per heavy atom. The predicted molar refractivity (Wildman–Crippen MR) is 234 cm³/mol. The molecule has 12 heteroatoms. The van der Waals surface area contributed by atoms with Gasteiger partial charge in [-0.2, -0.15) is 0 Å². The molecule has 0 aliphatic rings. The summed E-state index contributed by atoms with van der Waals surface area (Å²) in [5, 5.41) is 28.1. The molecule has 11 nitrogen and oxygen atoms in total. The molecule has 0 fully saturated rings. The van der Waals surface area contributed by atoms with Crippen molar-refractivity contribution in [2.45, 2.75) is 141 Å². The van der Waals surface area contributed by atoms with Gasteiger partial charge in [-0.05, 0) is 83.5 Å². The zero-order valence-corrected chi connectivity index (χ0v) is 36.0. The van der Waals surface area contributed by atoms with Crippen LogP contribution in [0.15, 0.2) is 109 Å². The van der Waals surface area contributed by atoms with Crippen LogP contribution in [0.5, 0.6) is 0 Å². The number of carbonyl (C=O) groups excluding carboxylic acids is 2. The maximum absolute atomic E-state index is 12.6. The molecule has 0 aliphatic carbocycles. The minimum atomic E-state index is -4.66. The van der Waals surface area contributed by atoms with Crippen molar-refractivity contribution in [3.63, 3.8) is 0 Å². The zero-order chi connectivity index (χ0) is 42.8. The number of esters is 2. The summed E-state index contributed by atoms with van der Waals surface area (Å²) in [5.74, 6) is -1.10. The number of phosphoric acid groups is 1. The van der Waals surface area contributed by atoms with Gasteiger partial charge >= 0.3 is 19.8 Å². The summed E-state index contributed by atoms with van der Waals surface area (Å²) in [4.78, 5) is 34.9. The second kappa shape index (κ2) is 40.4. The number of hydrogen-bond donors (Lipinski definition) is 4. The number of phosphoric ester groups is 1. The van der Waals surface area contributed by atoms with E-state index in [2.05, 4.69) is 73.1 Å². The first-order valence-electron chi connectivity index (χ1n) is 21.0. The van der Waals surface area contributed by atoms with Crippen molar-refractivity contribution < 1.29 is 52.9 Å². The van der Waals surface area contributed by atoms with Crippen molar-refractivity contribution in [3.8, 4) is 0 Å². The number of unbranched alkanes of at least 4 members (excludes halogenated alkanes) is 5. The highest BCUT2D eigenvalue weighted by atomic mass is 31.2. The third-order valence-electron chi connectivity index (χ3n) is 8.01. The Labute approximate surface area is 348 Å². The number of ether oxygens (including phenoxy) is 2. The van der Waals surface area contributed by atoms with Gasteiger partial charge in [0.2, 0.25) is 0 Å². The Morgan fingerprint density at radius 3 is 1.74 bits per heavy atom. The topological polar surface area (TPSA) is 169 Å². The van der Waals surface area contributed by atoms with Crippen LogP contribution >= 0.6 is 7.82 Å². The van der Waals surface area contributed by atoms with Gasteiger partial charge in [0.05, 0.1) is 25.9 Å². The van der Waals surface area contributed by atoms with E-state index in [1.165, 1.54) is 19.3 Å². The highest BCUT2D eigenvalue weighted by Gasteiger charge is 2.27. The molecule has 0 bridgehead atoms. The van der Waals surface area contributed by atoms with Crippen LogP contribution in [0.1, 0.15) is 123 Å². The normalized spacial score (nSPS) is 15.5. The Morgan fingerprint density at radius 2 is 1.16 bits per heavy atom. The second-order valence-electron chi connectivity index (χ2n) is 13.5. The van der Waals surface area contributed by atoms with Crippen LogP contribution in [0.25, 0.3) is 0 Å². The smallest absolute Gasteiger partial charge is 0.462 e. The molecule has 0 saturated carbocycles. The van der Waals surface area contributed by atoms with Crippen molar-refractivity contribution >= 4 is 19.8 Å². The molecule has 0 radical (unpaired) electrons. The summed E-state index contributed by atoms with van der Waals surface area (Å²) in [6.45, 7) is 1.96. The summed E-state index contributed by atoms with van der Waals surface area (Å²) < 4.78 is 32.5. The largest absolute Gasteiger partial charge is 0.472 e. The molecule has 58 heavy (non-hydrogen) atoms. The summed E-state index contributed by atoms with van der Waals surface area (Å²) in [7, 11) is -4.66. The van der Waals surface area contributed by atoms with Crippen LogP contribution in [0.4, 0.5) is 0 Å². The Kier molecular flexibility index (Phi) is 38.0. The van der Waals surface area contributed by atoms with Crippen molar-refractivity contribution in [1.29, 1.82) is 0 Å². The molecule has 4 atom stereocenters. The molecule has 0 spiro atoms. The summed E-state index contributed by atoms with van der Waals surface area (Å²) in [5.41, 5.74) is 0. The van der Waals surface area contributed by atoms with Gasteiger partial charge in [0.1, 0.15) is 12.7 Å². The first-order valence-corrected chi connectivity index (χ1v) is 22.4. The number of rotatable bonds is 37. The Balaban J connectivity index is 4.56. The fourth-order valence-electron chi connectivity index (χ4n) is 4.75. The molecule has 0 aliphatic heterocycles. The number of aliphatic hydroxyl groups excluding tert-OH is 3. The number of carbonyl (C=O) groups is 2. The second-order valence-corrected chi connectivity index (χ2v) is 14.9. The zero-order valence-electron chi connectivity index (χ0n) is 35.1. The maximum Gasteiger partial charge on any atom is 0.472 e. The molecule has 2 unspecified atom stereocenters. The Hall–Kier alpha value is -3.41. The van der Waals surface area contributed by atoms with Gasteiger partial charge in [0, 0.05) is 12.8 Å². The Bertz CT molecular complexity index is 1340. The highest BCUT2D eigenvalue weighted by Crippen LogP contribution is 2.43. The van der Waals surface area contributed by atoms with E-state index in [9.17, 15) is 29.3 Å². The average molecular weight is 833 g/mol. The monoisotopic (exact) mass is 832 g/mol. The molecule has 0 rings (SSSR count). The number of hydrogen-bond acceptors (Lipinski definition) is 10. The fourth-order valence-corrected chi connectivity index (χ4v) is 5.54. The molecular weight excluding hydrogens is 759 g/mol. The minimum Gasteiger partial charge on any atom is -0.462 e. The molecule has 328 valence electrons. The van der Waals surface area contributed by atoms with E-state index in [1.54, 1.807) is 6.08 Å². The lowest BCUT2D eigenvalue weighted by Gasteiger charge is -2.20. The summed E-state index contributed by atoms with van der Waals surface area (Å²) >= 11 is 0. The van der Waals surface area contributed by atoms with Gasteiger partial charge in [0.25, 0.3) is 0 Å². The summed E-state index contributed by atoms with van der Waals surface area (Å²) in [6, 6.07) is 0. The lowest BCUT2D eigenvalue weighted by atomic mass is 10.1. The predicted octanol–water partition coefficient (Wildman–Crippen LogP) is 9.97. The van der Waals surface area contributed by atoms with E-state index < -0.39 is 57.9 Å². The maximum atomic E-state index is 12.6. The van der Waals surface area contributed by atoms with Gasteiger partial charge in [-0.3, -0.25) is 18.6 Å². The molecule has 4 N–H and O–H groups in total. The quantitative estimate of drug-likeness (QED) is 0.0155. The van der Waals surface area contributed by atoms with Crippen LogP contribution in [-0.4, -0.2) is 76.9 Å². The molecular formula is C46H73O11P. The van der Waals surface area contributed by atoms with Crippen LogP contribution < -0.4 is 0 Å². The lowest BCUT2D eigenvalue weighted by Crippen LogP contribution is -2.29. The molecule has 0 aromatic heterocycles. The van der Waals surface area contributed by atoms with Gasteiger partial charge in [-0.1, -0.05) is 136 Å². The van der Waals surface area contributed by atoms with E-state index in [0.717, 1.165) is 51.4 Å². The van der Waals surface area contributed by atoms with Crippen LogP contribution in [0, 0.1) is 0 Å². The number of allylic oxidation sites excluding steroid dienone is 16. The van der Waals surface area contributed by atoms with Crippen LogP contribution in [0.2, 0.25) is 0 Å². The van der Waals surface area contributed by atoms with Crippen molar-refractivity contribution in [2.75, 3.05) is 26.4 Å². The van der Waals surface area contributed by atoms with E-state index in [0.29, 0.717) is 25.7 Å². The van der Waals surface area contributed by atoms with Crippen molar-refractivity contribution in [1.82, 2.24) is 0 Å². The third-order valence-corrected chi connectivity index (χ3v) is 8.96. The summed E-state index contributed by atoms with van der Waals surface area (Å²) in [6.07, 6.45) is 46.9. The van der Waals surface area contributed by atoms with Crippen molar-refractivity contribution in [3.05, 3.63) is 109 Å². The molecule has 0 aromatic rings. The highest BCUT2D eigenvalue weighted by molar-refractivity contribution is 7.47. The lowest BCUT2D eigenvalue weighted by molar-refractivity contribution is -0.161. The van der Waals surface area contributed by atoms with Gasteiger partial charge in [-0.15, -0.1) is 0 Å². The van der Waals surface area contributed by atoms with E-state index >= 15 is 0 Å². The van der Waals surface area contributed by atoms with E-state index in [-0.39, 0.29) is 19.4 Å². The standard InChI is InChI=1S/C46H73O11P/c1-3-5-7-8-9-10-11-12-13-16-20-23-26-29-33-37-46(51)57-44(41-56-58(52,53)55-39-43(49)38-47)40-54-45(50)36-32-28-25-22-19-17-14-15-18-21-24-27-31-35-42(48)34-30-6-4-2/h6,9-10,12-13,15,17-20,23-25,27-28,30-31,35,42-44,47-49H,3-5,7-8,11,14,16,21-22,26,29,32-34,36-41H2,1-2H3,(H,52,53)/b10-9-,13-12-,18-15-,19-17-,23-20-,27-24+,28-25-,30-6-,35-31+/t42?,43-,44+/m0/s1. The van der Waals surface area contributed by atoms with Crippen LogP contribution in [-0.2, 0) is 32.7 Å². The minimum absolute atomic E-state index is 0.0855. The first kappa shape index (κ1) is 54.6. The molecule has 0 amide bonds. The van der Waals surface area contributed by atoms with E-state index in [4.69, 9.17) is 19.1 Å². The van der Waals surface area contributed by atoms with Gasteiger partial charge in [-0.25, -0.2) is 4.57 Å².